The second-order valence-corrected chi connectivity index (χ2v) is 4.53. The number of carbonyl (C=O) groups excluding carboxylic acids is 2. The lowest BCUT2D eigenvalue weighted by Crippen LogP contribution is -2.27. The van der Waals surface area contributed by atoms with Crippen LogP contribution < -0.4 is 0 Å². The molecule has 0 atom stereocenters. The summed E-state index contributed by atoms with van der Waals surface area (Å²) in [5.41, 5.74) is 0. The molecule has 0 aromatic rings. The van der Waals surface area contributed by atoms with Gasteiger partial charge in [0.05, 0.1) is 6.54 Å². The van der Waals surface area contributed by atoms with E-state index in [0.29, 0.717) is 25.9 Å². The lowest BCUT2D eigenvalue weighted by molar-refractivity contribution is -0.121. The van der Waals surface area contributed by atoms with Crippen molar-refractivity contribution in [1.82, 2.24) is 4.90 Å². The molecule has 0 spiro atoms. The van der Waals surface area contributed by atoms with Crippen LogP contribution in [0, 0.1) is 0 Å². The first-order chi connectivity index (χ1) is 8.06. The largest absolute Gasteiger partial charge is 0.385 e. The number of methoxy groups -OCH3 is 1. The van der Waals surface area contributed by atoms with Crippen molar-refractivity contribution in [2.24, 2.45) is 0 Å². The molecule has 0 unspecified atom stereocenters. The van der Waals surface area contributed by atoms with E-state index in [1.165, 1.54) is 0 Å². The molecule has 0 radical (unpaired) electrons. The molecule has 17 heavy (non-hydrogen) atoms. The van der Waals surface area contributed by atoms with Crippen LogP contribution in [0.4, 0.5) is 0 Å². The molecule has 0 fully saturated rings. The zero-order chi connectivity index (χ0) is 13.1. The second kappa shape index (κ2) is 10.4. The molecule has 0 aromatic heterocycles. The molecule has 0 aromatic carbocycles. The van der Waals surface area contributed by atoms with Gasteiger partial charge in [-0.25, -0.2) is 0 Å². The number of rotatable bonds is 11. The van der Waals surface area contributed by atoms with Crippen molar-refractivity contribution in [3.8, 4) is 0 Å². The summed E-state index contributed by atoms with van der Waals surface area (Å²) in [4.78, 5) is 24.3. The van der Waals surface area contributed by atoms with Gasteiger partial charge in [-0.05, 0) is 26.8 Å². The van der Waals surface area contributed by atoms with E-state index in [1.807, 2.05) is 11.9 Å². The summed E-state index contributed by atoms with van der Waals surface area (Å²) < 4.78 is 4.94. The highest BCUT2D eigenvalue weighted by molar-refractivity contribution is 5.80. The summed E-state index contributed by atoms with van der Waals surface area (Å²) in [6, 6.07) is 0. The van der Waals surface area contributed by atoms with E-state index in [9.17, 15) is 9.59 Å². The summed E-state index contributed by atoms with van der Waals surface area (Å²) in [6.45, 7) is 3.47. The Morgan fingerprint density at radius 3 is 2.41 bits per heavy atom. The molecular weight excluding hydrogens is 218 g/mol. The quantitative estimate of drug-likeness (QED) is 0.518. The van der Waals surface area contributed by atoms with Gasteiger partial charge in [-0.1, -0.05) is 6.42 Å². The molecule has 0 aliphatic heterocycles. The number of Topliss-reactive ketones (excluding diaryl/α,β-unsaturated/α-hetero) is 2. The predicted molar refractivity (Wildman–Crippen MR) is 68.1 cm³/mol. The van der Waals surface area contributed by atoms with Gasteiger partial charge in [0.1, 0.15) is 11.6 Å². The minimum Gasteiger partial charge on any atom is -0.385 e. The van der Waals surface area contributed by atoms with Crippen molar-refractivity contribution < 1.29 is 14.3 Å². The molecule has 0 aliphatic rings. The first-order valence-corrected chi connectivity index (χ1v) is 6.25. The van der Waals surface area contributed by atoms with Crippen molar-refractivity contribution in [2.75, 3.05) is 33.9 Å². The summed E-state index contributed by atoms with van der Waals surface area (Å²) in [6.07, 6.45) is 4.15. The summed E-state index contributed by atoms with van der Waals surface area (Å²) in [7, 11) is 3.57. The highest BCUT2D eigenvalue weighted by atomic mass is 16.5. The van der Waals surface area contributed by atoms with E-state index >= 15 is 0 Å². The zero-order valence-electron chi connectivity index (χ0n) is 11.3. The monoisotopic (exact) mass is 243 g/mol. The molecule has 0 saturated heterocycles. The van der Waals surface area contributed by atoms with E-state index in [1.54, 1.807) is 14.0 Å². The van der Waals surface area contributed by atoms with Crippen LogP contribution in [0.25, 0.3) is 0 Å². The maximum absolute atomic E-state index is 11.6. The van der Waals surface area contributed by atoms with Crippen molar-refractivity contribution in [3.63, 3.8) is 0 Å². The Balaban J connectivity index is 3.47. The van der Waals surface area contributed by atoms with E-state index < -0.39 is 0 Å². The van der Waals surface area contributed by atoms with Crippen LogP contribution in [0.15, 0.2) is 0 Å². The molecule has 0 aliphatic carbocycles. The van der Waals surface area contributed by atoms with Crippen LogP contribution in [0.3, 0.4) is 0 Å². The van der Waals surface area contributed by atoms with Gasteiger partial charge in [0.2, 0.25) is 0 Å². The van der Waals surface area contributed by atoms with Gasteiger partial charge in [-0.3, -0.25) is 14.5 Å². The van der Waals surface area contributed by atoms with Crippen LogP contribution in [0.5, 0.6) is 0 Å². The molecule has 0 rings (SSSR count). The lowest BCUT2D eigenvalue weighted by Gasteiger charge is -2.14. The summed E-state index contributed by atoms with van der Waals surface area (Å²) >= 11 is 0. The number of hydrogen-bond acceptors (Lipinski definition) is 4. The SMILES string of the molecule is COCCCCCC(=O)CN(C)CCC(C)=O. The third kappa shape index (κ3) is 11.5. The number of hydrogen-bond donors (Lipinski definition) is 0. The van der Waals surface area contributed by atoms with Gasteiger partial charge in [0.15, 0.2) is 0 Å². The Hall–Kier alpha value is -0.740. The fourth-order valence-corrected chi connectivity index (χ4v) is 1.55. The van der Waals surface area contributed by atoms with E-state index in [-0.39, 0.29) is 11.6 Å². The Morgan fingerprint density at radius 2 is 1.82 bits per heavy atom. The van der Waals surface area contributed by atoms with Gasteiger partial charge in [0, 0.05) is 33.1 Å². The Kier molecular flexibility index (Phi) is 9.96. The van der Waals surface area contributed by atoms with Crippen molar-refractivity contribution in [3.05, 3.63) is 0 Å². The molecule has 100 valence electrons. The topological polar surface area (TPSA) is 46.6 Å². The normalized spacial score (nSPS) is 10.8. The molecule has 0 N–H and O–H groups in total. The fraction of sp³-hybridized carbons (Fsp3) is 0.846. The van der Waals surface area contributed by atoms with E-state index in [0.717, 1.165) is 25.9 Å². The molecule has 0 saturated carbocycles. The summed E-state index contributed by atoms with van der Waals surface area (Å²) in [5.74, 6) is 0.428. The van der Waals surface area contributed by atoms with Crippen molar-refractivity contribution >= 4 is 11.6 Å². The van der Waals surface area contributed by atoms with E-state index in [2.05, 4.69) is 0 Å². The highest BCUT2D eigenvalue weighted by Crippen LogP contribution is 2.02. The minimum absolute atomic E-state index is 0.170. The zero-order valence-corrected chi connectivity index (χ0v) is 11.3. The fourth-order valence-electron chi connectivity index (χ4n) is 1.55. The maximum atomic E-state index is 11.6. The summed E-state index contributed by atoms with van der Waals surface area (Å²) in [5, 5.41) is 0. The van der Waals surface area contributed by atoms with Crippen LogP contribution >= 0.6 is 0 Å². The van der Waals surface area contributed by atoms with E-state index in [4.69, 9.17) is 4.74 Å². The Bertz CT molecular complexity index is 229. The number of ether oxygens (including phenoxy) is 1. The lowest BCUT2D eigenvalue weighted by atomic mass is 10.1. The van der Waals surface area contributed by atoms with Gasteiger partial charge in [-0.15, -0.1) is 0 Å². The third-order valence-electron chi connectivity index (χ3n) is 2.60. The van der Waals surface area contributed by atoms with Gasteiger partial charge < -0.3 is 4.74 Å². The average Bonchev–Trinajstić information content (AvgIpc) is 2.26. The maximum Gasteiger partial charge on any atom is 0.146 e. The highest BCUT2D eigenvalue weighted by Gasteiger charge is 2.07. The molecule has 0 amide bonds. The molecular formula is C13H25NO3. The first kappa shape index (κ1) is 16.3. The van der Waals surface area contributed by atoms with Crippen LogP contribution in [0.2, 0.25) is 0 Å². The number of likely N-dealkylation sites (N-methyl/N-ethyl adjacent to an activating group) is 1. The van der Waals surface area contributed by atoms with Gasteiger partial charge in [-0.2, -0.15) is 0 Å². The molecule has 4 nitrogen and oxygen atoms in total. The number of unbranched alkanes of at least 4 members (excludes halogenated alkanes) is 2. The Labute approximate surface area is 104 Å². The van der Waals surface area contributed by atoms with Crippen LogP contribution in [0.1, 0.15) is 39.0 Å². The first-order valence-electron chi connectivity index (χ1n) is 6.25. The standard InChI is InChI=1S/C13H25NO3/c1-12(15)8-9-14(2)11-13(16)7-5-4-6-10-17-3/h4-11H2,1-3H3. The van der Waals surface area contributed by atoms with Crippen molar-refractivity contribution in [1.29, 1.82) is 0 Å². The predicted octanol–water partition coefficient (Wildman–Crippen LogP) is 1.67. The number of carbonyl (C=O) groups is 2. The van der Waals surface area contributed by atoms with Gasteiger partial charge >= 0.3 is 0 Å². The number of ketones is 2. The van der Waals surface area contributed by atoms with Gasteiger partial charge in [0.25, 0.3) is 0 Å². The average molecular weight is 243 g/mol. The Morgan fingerprint density at radius 1 is 1.12 bits per heavy atom. The molecule has 4 heteroatoms. The molecule has 0 heterocycles. The second-order valence-electron chi connectivity index (χ2n) is 4.53. The van der Waals surface area contributed by atoms with Crippen LogP contribution in [-0.4, -0.2) is 50.3 Å². The third-order valence-corrected chi connectivity index (χ3v) is 2.60. The number of nitrogens with zero attached hydrogens (tertiary/aromatic N) is 1. The van der Waals surface area contributed by atoms with Crippen LogP contribution in [-0.2, 0) is 14.3 Å². The minimum atomic E-state index is 0.170. The van der Waals surface area contributed by atoms with Crippen molar-refractivity contribution in [2.45, 2.75) is 39.0 Å². The smallest absolute Gasteiger partial charge is 0.146 e. The molecule has 0 bridgehead atoms.